The molecule has 6 heteroatoms. The van der Waals surface area contributed by atoms with Crippen molar-refractivity contribution in [2.45, 2.75) is 6.92 Å². The number of rotatable bonds is 1. The topological polar surface area (TPSA) is 85.4 Å². The van der Waals surface area contributed by atoms with E-state index in [0.717, 1.165) is 17.0 Å². The molecule has 3 N–H and O–H groups in total. The predicted octanol–water partition coefficient (Wildman–Crippen LogP) is 0.0958. The van der Waals surface area contributed by atoms with Gasteiger partial charge in [0.15, 0.2) is 0 Å². The van der Waals surface area contributed by atoms with E-state index in [-0.39, 0.29) is 0 Å². The van der Waals surface area contributed by atoms with E-state index >= 15 is 0 Å². The second kappa shape index (κ2) is 2.58. The van der Waals surface area contributed by atoms with Crippen molar-refractivity contribution in [2.24, 2.45) is 7.05 Å². The zero-order chi connectivity index (χ0) is 9.42. The molecule has 0 radical (unpaired) electrons. The van der Waals surface area contributed by atoms with Crippen LogP contribution in [0.15, 0.2) is 6.20 Å². The normalized spacial score (nSPS) is 10.6. The fraction of sp³-hybridized carbons (Fsp3) is 0.286. The van der Waals surface area contributed by atoms with Crippen LogP contribution >= 0.6 is 0 Å². The Morgan fingerprint density at radius 3 is 2.77 bits per heavy atom. The van der Waals surface area contributed by atoms with Crippen LogP contribution in [0.25, 0.3) is 11.3 Å². The number of aromatic nitrogens is 5. The number of aryl methyl sites for hydroxylation is 2. The van der Waals surface area contributed by atoms with E-state index in [1.807, 2.05) is 6.92 Å². The molecule has 2 rings (SSSR count). The van der Waals surface area contributed by atoms with E-state index in [1.54, 1.807) is 17.9 Å². The molecule has 0 aliphatic heterocycles. The summed E-state index contributed by atoms with van der Waals surface area (Å²) in [4.78, 5) is 0. The molecular formula is C7H10N6. The molecule has 2 aromatic heterocycles. The molecule has 0 aliphatic rings. The zero-order valence-corrected chi connectivity index (χ0v) is 7.44. The minimum Gasteiger partial charge on any atom is -0.383 e. The van der Waals surface area contributed by atoms with Crippen molar-refractivity contribution >= 4 is 5.82 Å². The molecule has 0 saturated carbocycles. The first-order chi connectivity index (χ1) is 6.20. The Morgan fingerprint density at radius 1 is 1.54 bits per heavy atom. The molecule has 6 nitrogen and oxygen atoms in total. The zero-order valence-electron chi connectivity index (χ0n) is 7.44. The summed E-state index contributed by atoms with van der Waals surface area (Å²) in [6, 6.07) is 0. The molecule has 0 spiro atoms. The second-order valence-electron chi connectivity index (χ2n) is 2.82. The van der Waals surface area contributed by atoms with Crippen molar-refractivity contribution in [3.8, 4) is 11.3 Å². The average Bonchev–Trinajstić information content (AvgIpc) is 2.63. The highest BCUT2D eigenvalue weighted by molar-refractivity contribution is 5.72. The van der Waals surface area contributed by atoms with Gasteiger partial charge in [-0.05, 0) is 6.92 Å². The van der Waals surface area contributed by atoms with Crippen molar-refractivity contribution in [3.63, 3.8) is 0 Å². The van der Waals surface area contributed by atoms with Crippen LogP contribution in [-0.2, 0) is 7.05 Å². The van der Waals surface area contributed by atoms with E-state index < -0.39 is 0 Å². The maximum atomic E-state index is 5.81. The Morgan fingerprint density at radius 2 is 2.31 bits per heavy atom. The molecule has 13 heavy (non-hydrogen) atoms. The first kappa shape index (κ1) is 7.78. The summed E-state index contributed by atoms with van der Waals surface area (Å²) in [7, 11) is 1.80. The van der Waals surface area contributed by atoms with Gasteiger partial charge < -0.3 is 5.73 Å². The molecule has 0 atom stereocenters. The van der Waals surface area contributed by atoms with Crippen LogP contribution in [0, 0.1) is 6.92 Å². The minimum atomic E-state index is 0.603. The number of hydrogen-bond acceptors (Lipinski definition) is 4. The van der Waals surface area contributed by atoms with Crippen LogP contribution in [0.3, 0.4) is 0 Å². The summed E-state index contributed by atoms with van der Waals surface area (Å²) < 4.78 is 1.62. The summed E-state index contributed by atoms with van der Waals surface area (Å²) in [5.74, 6) is 0.603. The lowest BCUT2D eigenvalue weighted by atomic mass is 10.2. The molecule has 2 aromatic rings. The lowest BCUT2D eigenvalue weighted by Crippen LogP contribution is -1.98. The van der Waals surface area contributed by atoms with Gasteiger partial charge in [0.1, 0.15) is 11.5 Å². The summed E-state index contributed by atoms with van der Waals surface area (Å²) in [6.07, 6.45) is 1.63. The van der Waals surface area contributed by atoms with Crippen LogP contribution in [-0.4, -0.2) is 25.2 Å². The lowest BCUT2D eigenvalue weighted by Gasteiger charge is -1.95. The minimum absolute atomic E-state index is 0.603. The highest BCUT2D eigenvalue weighted by Crippen LogP contribution is 2.25. The standard InChI is InChI=1S/C7H10N6/c1-4-6(5-3-9-12-10-5)7(8)13(2)11-4/h3H,8H2,1-2H3,(H,9,10,12). The smallest absolute Gasteiger partial charge is 0.131 e. The number of nitrogen functional groups attached to an aromatic ring is 1. The van der Waals surface area contributed by atoms with E-state index in [2.05, 4.69) is 20.5 Å². The van der Waals surface area contributed by atoms with E-state index in [1.165, 1.54) is 0 Å². The Kier molecular flexibility index (Phi) is 1.54. The van der Waals surface area contributed by atoms with Crippen LogP contribution in [0.5, 0.6) is 0 Å². The lowest BCUT2D eigenvalue weighted by molar-refractivity contribution is 0.767. The van der Waals surface area contributed by atoms with Gasteiger partial charge in [-0.1, -0.05) is 0 Å². The summed E-state index contributed by atoms with van der Waals surface area (Å²) in [6.45, 7) is 1.89. The monoisotopic (exact) mass is 178 g/mol. The Balaban J connectivity index is 2.64. The Hall–Kier alpha value is -1.85. The molecule has 0 aliphatic carbocycles. The summed E-state index contributed by atoms with van der Waals surface area (Å²) in [5, 5.41) is 14.4. The second-order valence-corrected chi connectivity index (χ2v) is 2.82. The third kappa shape index (κ3) is 1.07. The van der Waals surface area contributed by atoms with Gasteiger partial charge in [-0.3, -0.25) is 4.68 Å². The first-order valence-corrected chi connectivity index (χ1v) is 3.85. The highest BCUT2D eigenvalue weighted by Gasteiger charge is 2.13. The fourth-order valence-corrected chi connectivity index (χ4v) is 1.31. The van der Waals surface area contributed by atoms with Crippen LogP contribution in [0.2, 0.25) is 0 Å². The average molecular weight is 178 g/mol. The van der Waals surface area contributed by atoms with Crippen LogP contribution < -0.4 is 5.73 Å². The van der Waals surface area contributed by atoms with E-state index in [4.69, 9.17) is 5.73 Å². The summed E-state index contributed by atoms with van der Waals surface area (Å²) >= 11 is 0. The number of H-pyrrole nitrogens is 1. The number of aromatic amines is 1. The predicted molar refractivity (Wildman–Crippen MR) is 47.7 cm³/mol. The van der Waals surface area contributed by atoms with E-state index in [0.29, 0.717) is 5.82 Å². The van der Waals surface area contributed by atoms with Crippen molar-refractivity contribution < 1.29 is 0 Å². The van der Waals surface area contributed by atoms with Crippen LogP contribution in [0.1, 0.15) is 5.69 Å². The molecule has 0 aromatic carbocycles. The molecule has 0 unspecified atom stereocenters. The van der Waals surface area contributed by atoms with E-state index in [9.17, 15) is 0 Å². The molecule has 68 valence electrons. The SMILES string of the molecule is Cc1nn(C)c(N)c1-c1cn[nH]n1. The van der Waals surface area contributed by atoms with Crippen molar-refractivity contribution in [1.29, 1.82) is 0 Å². The number of nitrogens with zero attached hydrogens (tertiary/aromatic N) is 4. The van der Waals surface area contributed by atoms with Crippen LogP contribution in [0.4, 0.5) is 5.82 Å². The number of nitrogens with two attached hydrogens (primary N) is 1. The van der Waals surface area contributed by atoms with Crippen molar-refractivity contribution in [2.75, 3.05) is 5.73 Å². The van der Waals surface area contributed by atoms with Gasteiger partial charge in [-0.2, -0.15) is 20.5 Å². The van der Waals surface area contributed by atoms with Crippen molar-refractivity contribution in [3.05, 3.63) is 11.9 Å². The quantitative estimate of drug-likeness (QED) is 0.648. The number of hydrogen-bond donors (Lipinski definition) is 2. The highest BCUT2D eigenvalue weighted by atomic mass is 15.3. The molecule has 0 fully saturated rings. The summed E-state index contributed by atoms with van der Waals surface area (Å²) in [5.41, 5.74) is 8.24. The molecule has 2 heterocycles. The van der Waals surface area contributed by atoms with Gasteiger partial charge in [-0.25, -0.2) is 0 Å². The first-order valence-electron chi connectivity index (χ1n) is 3.85. The Bertz CT molecular complexity index is 412. The molecular weight excluding hydrogens is 168 g/mol. The maximum Gasteiger partial charge on any atom is 0.131 e. The number of nitrogens with one attached hydrogen (secondary N) is 1. The number of anilines is 1. The molecule has 0 bridgehead atoms. The molecule has 0 amide bonds. The van der Waals surface area contributed by atoms with Gasteiger partial charge in [0, 0.05) is 7.05 Å². The van der Waals surface area contributed by atoms with Gasteiger partial charge >= 0.3 is 0 Å². The largest absolute Gasteiger partial charge is 0.383 e. The van der Waals surface area contributed by atoms with Gasteiger partial charge in [0.25, 0.3) is 0 Å². The van der Waals surface area contributed by atoms with Crippen molar-refractivity contribution in [1.82, 2.24) is 25.2 Å². The fourth-order valence-electron chi connectivity index (χ4n) is 1.31. The van der Waals surface area contributed by atoms with Gasteiger partial charge in [-0.15, -0.1) is 0 Å². The van der Waals surface area contributed by atoms with Gasteiger partial charge in [0.2, 0.25) is 0 Å². The third-order valence-corrected chi connectivity index (χ3v) is 1.94. The third-order valence-electron chi connectivity index (χ3n) is 1.94. The van der Waals surface area contributed by atoms with Gasteiger partial charge in [0.05, 0.1) is 17.5 Å². The maximum absolute atomic E-state index is 5.81. The molecule has 0 saturated heterocycles. The Labute approximate surface area is 74.8 Å².